The standard InChI is InChI=1S/C8H18O.C5H10O3/c1-7(2)5-9-6-8(3)4;1-4(6)3-8-5(2)7/h7-8H,5-6H2,1-4H3;4,6H,3H2,1-2H3. The molecule has 0 saturated heterocycles. The highest BCUT2D eigenvalue weighted by Crippen LogP contribution is 1.96. The van der Waals surface area contributed by atoms with Crippen LogP contribution in [-0.2, 0) is 14.3 Å². The van der Waals surface area contributed by atoms with Gasteiger partial charge < -0.3 is 14.6 Å². The molecule has 0 fully saturated rings. The van der Waals surface area contributed by atoms with Crippen LogP contribution in [0.3, 0.4) is 0 Å². The minimum absolute atomic E-state index is 0.0926. The number of hydrogen-bond acceptors (Lipinski definition) is 4. The molecule has 1 unspecified atom stereocenters. The van der Waals surface area contributed by atoms with Crippen LogP contribution in [0.5, 0.6) is 0 Å². The van der Waals surface area contributed by atoms with E-state index in [1.54, 1.807) is 6.92 Å². The molecule has 0 spiro atoms. The molecule has 1 atom stereocenters. The first-order valence-electron chi connectivity index (χ1n) is 6.14. The molecule has 0 aliphatic carbocycles. The third-order valence-electron chi connectivity index (χ3n) is 1.43. The van der Waals surface area contributed by atoms with Crippen LogP contribution < -0.4 is 0 Å². The highest BCUT2D eigenvalue weighted by atomic mass is 16.5. The summed E-state index contributed by atoms with van der Waals surface area (Å²) >= 11 is 0. The van der Waals surface area contributed by atoms with Gasteiger partial charge in [-0.1, -0.05) is 27.7 Å². The third-order valence-corrected chi connectivity index (χ3v) is 1.43. The maximum absolute atomic E-state index is 10.0. The molecule has 104 valence electrons. The number of rotatable bonds is 6. The number of aliphatic hydroxyl groups excluding tert-OH is 1. The minimum atomic E-state index is -0.557. The van der Waals surface area contributed by atoms with E-state index in [1.807, 2.05) is 0 Å². The third kappa shape index (κ3) is 25.6. The minimum Gasteiger partial charge on any atom is -0.463 e. The van der Waals surface area contributed by atoms with Crippen LogP contribution in [0.15, 0.2) is 0 Å². The van der Waals surface area contributed by atoms with Gasteiger partial charge >= 0.3 is 5.97 Å². The lowest BCUT2D eigenvalue weighted by atomic mass is 10.2. The van der Waals surface area contributed by atoms with Crippen molar-refractivity contribution in [3.63, 3.8) is 0 Å². The SMILES string of the molecule is CC(=O)OCC(C)O.CC(C)COCC(C)C. The average Bonchev–Trinajstić information content (AvgIpc) is 2.14. The van der Waals surface area contributed by atoms with Crippen LogP contribution in [-0.4, -0.2) is 37.0 Å². The van der Waals surface area contributed by atoms with Crippen molar-refractivity contribution < 1.29 is 19.4 Å². The Morgan fingerprint density at radius 3 is 1.59 bits per heavy atom. The molecule has 0 aliphatic heterocycles. The second kappa shape index (κ2) is 11.9. The van der Waals surface area contributed by atoms with Gasteiger partial charge in [0, 0.05) is 20.1 Å². The van der Waals surface area contributed by atoms with E-state index in [9.17, 15) is 4.79 Å². The van der Waals surface area contributed by atoms with Crippen molar-refractivity contribution in [3.05, 3.63) is 0 Å². The average molecular weight is 248 g/mol. The maximum Gasteiger partial charge on any atom is 0.302 e. The lowest BCUT2D eigenvalue weighted by molar-refractivity contribution is -0.143. The number of aliphatic hydroxyl groups is 1. The molecule has 0 amide bonds. The number of carbonyl (C=O) groups excluding carboxylic acids is 1. The Kier molecular flexibility index (Phi) is 13.1. The Morgan fingerprint density at radius 2 is 1.41 bits per heavy atom. The van der Waals surface area contributed by atoms with E-state index in [2.05, 4.69) is 32.4 Å². The summed E-state index contributed by atoms with van der Waals surface area (Å²) in [6.45, 7) is 13.4. The number of esters is 1. The Morgan fingerprint density at radius 1 is 1.00 bits per heavy atom. The monoisotopic (exact) mass is 248 g/mol. The highest BCUT2D eigenvalue weighted by Gasteiger charge is 1.96. The van der Waals surface area contributed by atoms with E-state index in [0.717, 1.165) is 13.2 Å². The molecule has 0 saturated carbocycles. The summed E-state index contributed by atoms with van der Waals surface area (Å²) in [7, 11) is 0. The first-order valence-corrected chi connectivity index (χ1v) is 6.14. The molecule has 0 heterocycles. The van der Waals surface area contributed by atoms with Crippen LogP contribution in [0.1, 0.15) is 41.5 Å². The van der Waals surface area contributed by atoms with E-state index in [4.69, 9.17) is 9.84 Å². The fourth-order valence-corrected chi connectivity index (χ4v) is 0.777. The molecule has 0 radical (unpaired) electrons. The van der Waals surface area contributed by atoms with Crippen molar-refractivity contribution in [1.29, 1.82) is 0 Å². The van der Waals surface area contributed by atoms with Gasteiger partial charge in [-0.3, -0.25) is 4.79 Å². The van der Waals surface area contributed by atoms with Gasteiger partial charge in [0.2, 0.25) is 0 Å². The predicted molar refractivity (Wildman–Crippen MR) is 68.8 cm³/mol. The van der Waals surface area contributed by atoms with Crippen molar-refractivity contribution in [2.45, 2.75) is 47.6 Å². The van der Waals surface area contributed by atoms with Gasteiger partial charge in [0.1, 0.15) is 6.61 Å². The number of hydrogen-bond donors (Lipinski definition) is 1. The van der Waals surface area contributed by atoms with Crippen LogP contribution in [0.2, 0.25) is 0 Å². The number of carbonyl (C=O) groups is 1. The van der Waals surface area contributed by atoms with Crippen molar-refractivity contribution in [3.8, 4) is 0 Å². The summed E-state index contributed by atoms with van der Waals surface area (Å²) in [6.07, 6.45) is -0.557. The van der Waals surface area contributed by atoms with Crippen LogP contribution in [0, 0.1) is 11.8 Å². The normalized spacial score (nSPS) is 12.1. The molecule has 0 aromatic carbocycles. The molecule has 0 aromatic rings. The summed E-state index contributed by atoms with van der Waals surface area (Å²) in [4.78, 5) is 10.0. The first kappa shape index (κ1) is 18.7. The first-order chi connectivity index (χ1) is 7.75. The smallest absolute Gasteiger partial charge is 0.302 e. The van der Waals surface area contributed by atoms with Gasteiger partial charge in [-0.15, -0.1) is 0 Å². The fourth-order valence-electron chi connectivity index (χ4n) is 0.777. The van der Waals surface area contributed by atoms with Crippen molar-refractivity contribution in [2.75, 3.05) is 19.8 Å². The van der Waals surface area contributed by atoms with E-state index in [0.29, 0.717) is 11.8 Å². The zero-order chi connectivity index (χ0) is 13.8. The summed E-state index contributed by atoms with van der Waals surface area (Å²) < 4.78 is 9.77. The van der Waals surface area contributed by atoms with Crippen molar-refractivity contribution >= 4 is 5.97 Å². The summed E-state index contributed by atoms with van der Waals surface area (Å²) in [5, 5.41) is 8.52. The lowest BCUT2D eigenvalue weighted by Gasteiger charge is -2.07. The quantitative estimate of drug-likeness (QED) is 0.732. The van der Waals surface area contributed by atoms with E-state index >= 15 is 0 Å². The van der Waals surface area contributed by atoms with Crippen LogP contribution in [0.4, 0.5) is 0 Å². The van der Waals surface area contributed by atoms with Gasteiger partial charge in [-0.05, 0) is 18.8 Å². The second-order valence-electron chi connectivity index (χ2n) is 4.98. The Balaban J connectivity index is 0. The van der Waals surface area contributed by atoms with Gasteiger partial charge in [-0.25, -0.2) is 0 Å². The van der Waals surface area contributed by atoms with Gasteiger partial charge in [0.25, 0.3) is 0 Å². The highest BCUT2D eigenvalue weighted by molar-refractivity contribution is 5.65. The Labute approximate surface area is 105 Å². The van der Waals surface area contributed by atoms with E-state index in [-0.39, 0.29) is 12.6 Å². The molecule has 4 nitrogen and oxygen atoms in total. The van der Waals surface area contributed by atoms with Gasteiger partial charge in [-0.2, -0.15) is 0 Å². The zero-order valence-electron chi connectivity index (χ0n) is 12.0. The Bertz CT molecular complexity index is 168. The summed E-state index contributed by atoms with van der Waals surface area (Å²) in [6, 6.07) is 0. The molecule has 0 rings (SSSR count). The van der Waals surface area contributed by atoms with Crippen molar-refractivity contribution in [2.24, 2.45) is 11.8 Å². The second-order valence-corrected chi connectivity index (χ2v) is 4.98. The zero-order valence-corrected chi connectivity index (χ0v) is 12.0. The Hall–Kier alpha value is -0.610. The van der Waals surface area contributed by atoms with Gasteiger partial charge in [0.05, 0.1) is 6.10 Å². The van der Waals surface area contributed by atoms with Crippen LogP contribution >= 0.6 is 0 Å². The molecular weight excluding hydrogens is 220 g/mol. The number of ether oxygens (including phenoxy) is 2. The summed E-state index contributed by atoms with van der Waals surface area (Å²) in [5.74, 6) is 0.985. The largest absolute Gasteiger partial charge is 0.463 e. The van der Waals surface area contributed by atoms with Crippen LogP contribution in [0.25, 0.3) is 0 Å². The van der Waals surface area contributed by atoms with E-state index < -0.39 is 6.10 Å². The molecule has 4 heteroatoms. The van der Waals surface area contributed by atoms with E-state index in [1.165, 1.54) is 6.92 Å². The molecular formula is C13H28O4. The topological polar surface area (TPSA) is 55.8 Å². The van der Waals surface area contributed by atoms with Crippen molar-refractivity contribution in [1.82, 2.24) is 0 Å². The lowest BCUT2D eigenvalue weighted by Crippen LogP contribution is -2.12. The van der Waals surface area contributed by atoms with Gasteiger partial charge in [0.15, 0.2) is 0 Å². The summed E-state index contributed by atoms with van der Waals surface area (Å²) in [5.41, 5.74) is 0. The maximum atomic E-state index is 10.0. The molecule has 0 aliphatic rings. The molecule has 0 aromatic heterocycles. The fraction of sp³-hybridized carbons (Fsp3) is 0.923. The molecule has 0 bridgehead atoms. The molecule has 1 N–H and O–H groups in total. The molecule has 17 heavy (non-hydrogen) atoms. The predicted octanol–water partition coefficient (Wildman–Crippen LogP) is 2.25.